The van der Waals surface area contributed by atoms with Crippen LogP contribution >= 0.6 is 24.2 Å². The third kappa shape index (κ3) is 6.16. The van der Waals surface area contributed by atoms with Crippen LogP contribution in [0.5, 0.6) is 0 Å². The van der Waals surface area contributed by atoms with Crippen LogP contribution in [0, 0.1) is 0 Å². The standard InChI is InChI=1S/C14H21NS.ClH/c1-4-10-15-13(5-2)11-12-6-8-14(16-3)9-7-12;/h4,6-9,13,15H,1,5,10-11H2,2-3H3;1H. The molecule has 0 amide bonds. The van der Waals surface area contributed by atoms with Gasteiger partial charge in [-0.1, -0.05) is 25.1 Å². The Morgan fingerprint density at radius 1 is 1.35 bits per heavy atom. The van der Waals surface area contributed by atoms with E-state index in [4.69, 9.17) is 0 Å². The lowest BCUT2D eigenvalue weighted by molar-refractivity contribution is 0.522. The molecule has 0 spiro atoms. The lowest BCUT2D eigenvalue weighted by Gasteiger charge is -2.15. The van der Waals surface area contributed by atoms with Gasteiger partial charge in [0.2, 0.25) is 0 Å². The van der Waals surface area contributed by atoms with E-state index in [1.54, 1.807) is 11.8 Å². The molecular formula is C14H22ClNS. The van der Waals surface area contributed by atoms with Gasteiger partial charge >= 0.3 is 0 Å². The molecule has 96 valence electrons. The maximum absolute atomic E-state index is 3.73. The van der Waals surface area contributed by atoms with Crippen molar-refractivity contribution in [2.45, 2.75) is 30.7 Å². The molecule has 1 unspecified atom stereocenters. The minimum atomic E-state index is 0. The molecule has 0 saturated carbocycles. The van der Waals surface area contributed by atoms with Gasteiger partial charge in [0.05, 0.1) is 0 Å². The summed E-state index contributed by atoms with van der Waals surface area (Å²) in [5.74, 6) is 0. The summed E-state index contributed by atoms with van der Waals surface area (Å²) < 4.78 is 0. The summed E-state index contributed by atoms with van der Waals surface area (Å²) in [6, 6.07) is 9.40. The summed E-state index contributed by atoms with van der Waals surface area (Å²) in [5, 5.41) is 3.47. The zero-order valence-electron chi connectivity index (χ0n) is 10.6. The molecule has 1 aromatic rings. The second-order valence-electron chi connectivity index (χ2n) is 3.85. The van der Waals surface area contributed by atoms with Crippen LogP contribution in [0.1, 0.15) is 18.9 Å². The Hall–Kier alpha value is -0.440. The van der Waals surface area contributed by atoms with E-state index < -0.39 is 0 Å². The second kappa shape index (κ2) is 9.58. The number of benzene rings is 1. The van der Waals surface area contributed by atoms with Gasteiger partial charge in [0, 0.05) is 17.5 Å². The Morgan fingerprint density at radius 2 is 2.00 bits per heavy atom. The number of nitrogens with one attached hydrogen (secondary N) is 1. The van der Waals surface area contributed by atoms with Crippen molar-refractivity contribution in [1.29, 1.82) is 0 Å². The molecule has 0 radical (unpaired) electrons. The van der Waals surface area contributed by atoms with Crippen molar-refractivity contribution in [2.24, 2.45) is 0 Å². The number of hydrogen-bond donors (Lipinski definition) is 1. The third-order valence-electron chi connectivity index (χ3n) is 2.68. The highest BCUT2D eigenvalue weighted by atomic mass is 35.5. The maximum Gasteiger partial charge on any atom is 0.0135 e. The minimum absolute atomic E-state index is 0. The van der Waals surface area contributed by atoms with Crippen LogP contribution in [-0.2, 0) is 6.42 Å². The van der Waals surface area contributed by atoms with Crippen molar-refractivity contribution in [2.75, 3.05) is 12.8 Å². The molecule has 1 aromatic carbocycles. The molecule has 1 N–H and O–H groups in total. The van der Waals surface area contributed by atoms with Crippen LogP contribution in [0.15, 0.2) is 41.8 Å². The van der Waals surface area contributed by atoms with Crippen LogP contribution in [0.4, 0.5) is 0 Å². The molecule has 0 aliphatic rings. The number of hydrogen-bond acceptors (Lipinski definition) is 2. The second-order valence-corrected chi connectivity index (χ2v) is 4.73. The van der Waals surface area contributed by atoms with Crippen LogP contribution < -0.4 is 5.32 Å². The molecule has 3 heteroatoms. The molecule has 0 heterocycles. The highest BCUT2D eigenvalue weighted by molar-refractivity contribution is 7.98. The molecule has 0 aliphatic carbocycles. The monoisotopic (exact) mass is 271 g/mol. The number of halogens is 1. The average molecular weight is 272 g/mol. The highest BCUT2D eigenvalue weighted by Crippen LogP contribution is 2.16. The first kappa shape index (κ1) is 16.6. The molecular weight excluding hydrogens is 250 g/mol. The van der Waals surface area contributed by atoms with E-state index in [1.807, 2.05) is 6.08 Å². The van der Waals surface area contributed by atoms with Crippen LogP contribution in [0.3, 0.4) is 0 Å². The molecule has 1 atom stereocenters. The van der Waals surface area contributed by atoms with Gasteiger partial charge in [0.15, 0.2) is 0 Å². The summed E-state index contributed by atoms with van der Waals surface area (Å²) >= 11 is 1.79. The molecule has 0 aliphatic heterocycles. The van der Waals surface area contributed by atoms with Gasteiger partial charge in [-0.2, -0.15) is 0 Å². The van der Waals surface area contributed by atoms with E-state index in [-0.39, 0.29) is 12.4 Å². The highest BCUT2D eigenvalue weighted by Gasteiger charge is 2.05. The lowest BCUT2D eigenvalue weighted by atomic mass is 10.0. The third-order valence-corrected chi connectivity index (χ3v) is 3.43. The normalized spacial score (nSPS) is 11.6. The fourth-order valence-corrected chi connectivity index (χ4v) is 2.07. The SMILES string of the molecule is C=CCNC(CC)Cc1ccc(SC)cc1.Cl. The molecule has 0 bridgehead atoms. The van der Waals surface area contributed by atoms with Crippen LogP contribution in [-0.4, -0.2) is 18.8 Å². The van der Waals surface area contributed by atoms with Crippen molar-refractivity contribution < 1.29 is 0 Å². The summed E-state index contributed by atoms with van der Waals surface area (Å²) in [4.78, 5) is 1.33. The summed E-state index contributed by atoms with van der Waals surface area (Å²) in [5.41, 5.74) is 1.40. The fourth-order valence-electron chi connectivity index (χ4n) is 1.66. The van der Waals surface area contributed by atoms with Gasteiger partial charge in [0.1, 0.15) is 0 Å². The van der Waals surface area contributed by atoms with E-state index in [9.17, 15) is 0 Å². The topological polar surface area (TPSA) is 12.0 Å². The summed E-state index contributed by atoms with van der Waals surface area (Å²) in [6.07, 6.45) is 6.27. The Labute approximate surface area is 115 Å². The lowest BCUT2D eigenvalue weighted by Crippen LogP contribution is -2.30. The van der Waals surface area contributed by atoms with E-state index in [2.05, 4.69) is 49.3 Å². The van der Waals surface area contributed by atoms with E-state index in [0.29, 0.717) is 6.04 Å². The molecule has 0 aromatic heterocycles. The number of rotatable bonds is 7. The van der Waals surface area contributed by atoms with Gasteiger partial charge < -0.3 is 5.32 Å². The molecule has 0 saturated heterocycles. The van der Waals surface area contributed by atoms with Crippen LogP contribution in [0.2, 0.25) is 0 Å². The first-order valence-corrected chi connectivity index (χ1v) is 6.99. The largest absolute Gasteiger partial charge is 0.310 e. The Kier molecular flexibility index (Phi) is 9.33. The van der Waals surface area contributed by atoms with Gasteiger partial charge in [-0.25, -0.2) is 0 Å². The van der Waals surface area contributed by atoms with Crippen molar-refractivity contribution in [3.63, 3.8) is 0 Å². The predicted octanol–water partition coefficient (Wildman–Crippen LogP) is 3.93. The first-order chi connectivity index (χ1) is 7.80. The first-order valence-electron chi connectivity index (χ1n) is 5.77. The molecule has 17 heavy (non-hydrogen) atoms. The van der Waals surface area contributed by atoms with Crippen molar-refractivity contribution in [3.05, 3.63) is 42.5 Å². The van der Waals surface area contributed by atoms with Gasteiger partial charge in [0.25, 0.3) is 0 Å². The van der Waals surface area contributed by atoms with Crippen molar-refractivity contribution in [1.82, 2.24) is 5.32 Å². The Balaban J connectivity index is 0.00000256. The fraction of sp³-hybridized carbons (Fsp3) is 0.429. The number of thioether (sulfide) groups is 1. The van der Waals surface area contributed by atoms with E-state index in [1.165, 1.54) is 10.5 Å². The quantitative estimate of drug-likeness (QED) is 0.596. The van der Waals surface area contributed by atoms with Crippen molar-refractivity contribution >= 4 is 24.2 Å². The Bertz CT molecular complexity index is 311. The summed E-state index contributed by atoms with van der Waals surface area (Å²) in [7, 11) is 0. The van der Waals surface area contributed by atoms with Crippen LogP contribution in [0.25, 0.3) is 0 Å². The van der Waals surface area contributed by atoms with E-state index >= 15 is 0 Å². The average Bonchev–Trinajstić information content (AvgIpc) is 2.35. The molecule has 1 rings (SSSR count). The van der Waals surface area contributed by atoms with Crippen molar-refractivity contribution in [3.8, 4) is 0 Å². The summed E-state index contributed by atoms with van der Waals surface area (Å²) in [6.45, 7) is 6.84. The molecule has 1 nitrogen and oxygen atoms in total. The Morgan fingerprint density at radius 3 is 2.47 bits per heavy atom. The molecule has 0 fully saturated rings. The zero-order chi connectivity index (χ0) is 11.8. The van der Waals surface area contributed by atoms with E-state index in [0.717, 1.165) is 19.4 Å². The zero-order valence-corrected chi connectivity index (χ0v) is 12.2. The van der Waals surface area contributed by atoms with Gasteiger partial charge in [-0.05, 0) is 36.8 Å². The maximum atomic E-state index is 3.73. The smallest absolute Gasteiger partial charge is 0.0135 e. The van der Waals surface area contributed by atoms with Gasteiger partial charge in [-0.3, -0.25) is 0 Å². The predicted molar refractivity (Wildman–Crippen MR) is 81.5 cm³/mol. The minimum Gasteiger partial charge on any atom is -0.310 e. The van der Waals surface area contributed by atoms with Gasteiger partial charge in [-0.15, -0.1) is 30.7 Å².